The van der Waals surface area contributed by atoms with Crippen molar-refractivity contribution in [2.24, 2.45) is 0 Å². The topological polar surface area (TPSA) is 125 Å². The van der Waals surface area contributed by atoms with Crippen LogP contribution in [0.1, 0.15) is 44.5 Å². The Kier molecular flexibility index (Phi) is 10.2. The Hall–Kier alpha value is -4.22. The quantitative estimate of drug-likeness (QED) is 0.184. The van der Waals surface area contributed by atoms with E-state index in [1.165, 1.54) is 7.11 Å². The number of imidazole rings is 1. The molecule has 5 rings (SSSR count). The van der Waals surface area contributed by atoms with Crippen molar-refractivity contribution in [1.29, 1.82) is 0 Å². The molecule has 0 radical (unpaired) electrons. The van der Waals surface area contributed by atoms with Gasteiger partial charge in [0.25, 0.3) is 0 Å². The van der Waals surface area contributed by atoms with Gasteiger partial charge in [-0.15, -0.1) is 0 Å². The minimum atomic E-state index is -0.900. The summed E-state index contributed by atoms with van der Waals surface area (Å²) in [5.41, 5.74) is 8.87. The summed E-state index contributed by atoms with van der Waals surface area (Å²) in [5, 5.41) is 0.990. The minimum Gasteiger partial charge on any atom is -0.476 e. The summed E-state index contributed by atoms with van der Waals surface area (Å²) in [4.78, 5) is 39.4. The van der Waals surface area contributed by atoms with Crippen LogP contribution in [-0.2, 0) is 38.6 Å². The van der Waals surface area contributed by atoms with E-state index in [-0.39, 0.29) is 11.9 Å². The molecule has 2 heterocycles. The lowest BCUT2D eigenvalue weighted by Crippen LogP contribution is -2.40. The average Bonchev–Trinajstić information content (AvgIpc) is 3.74. The summed E-state index contributed by atoms with van der Waals surface area (Å²) < 4.78 is 18.6. The van der Waals surface area contributed by atoms with Crippen LogP contribution in [0.4, 0.5) is 5.82 Å². The highest BCUT2D eigenvalue weighted by molar-refractivity contribution is 6.06. The fourth-order valence-electron chi connectivity index (χ4n) is 5.78. The fourth-order valence-corrected chi connectivity index (χ4v) is 5.78. The second-order valence-electron chi connectivity index (χ2n) is 11.5. The van der Waals surface area contributed by atoms with Crippen molar-refractivity contribution in [3.63, 3.8) is 0 Å². The van der Waals surface area contributed by atoms with Crippen LogP contribution < -0.4 is 10.5 Å². The van der Waals surface area contributed by atoms with E-state index in [2.05, 4.69) is 28.3 Å². The van der Waals surface area contributed by atoms with E-state index in [1.54, 1.807) is 7.11 Å². The predicted molar refractivity (Wildman–Crippen MR) is 174 cm³/mol. The molecule has 2 N–H and O–H groups in total. The molecule has 4 aromatic rings. The fraction of sp³-hybridized carbons (Fsp3) is 0.471. The molecule has 2 aromatic carbocycles. The molecule has 11 nitrogen and oxygen atoms in total. The van der Waals surface area contributed by atoms with Crippen molar-refractivity contribution in [3.05, 3.63) is 59.9 Å². The van der Waals surface area contributed by atoms with Gasteiger partial charge in [-0.3, -0.25) is 9.69 Å². The van der Waals surface area contributed by atoms with Gasteiger partial charge in [-0.05, 0) is 43.3 Å². The number of aromatic nitrogens is 3. The third-order valence-electron chi connectivity index (χ3n) is 8.48. The zero-order valence-electron chi connectivity index (χ0n) is 26.8. The first-order valence-electron chi connectivity index (χ1n) is 15.7. The highest BCUT2D eigenvalue weighted by Crippen LogP contribution is 2.41. The number of hydrogen-bond acceptors (Lipinski definition) is 9. The van der Waals surface area contributed by atoms with Crippen molar-refractivity contribution in [3.8, 4) is 5.75 Å². The summed E-state index contributed by atoms with van der Waals surface area (Å²) in [7, 11) is 3.06. The lowest BCUT2D eigenvalue weighted by molar-refractivity contribution is -0.151. The van der Waals surface area contributed by atoms with E-state index in [0.29, 0.717) is 75.6 Å². The van der Waals surface area contributed by atoms with Crippen LogP contribution in [0.2, 0.25) is 0 Å². The molecule has 1 amide bonds. The van der Waals surface area contributed by atoms with E-state index < -0.39 is 5.60 Å². The maximum atomic E-state index is 13.7. The lowest BCUT2D eigenvalue weighted by Gasteiger charge is -2.27. The van der Waals surface area contributed by atoms with Crippen molar-refractivity contribution < 1.29 is 23.8 Å². The Bertz CT molecular complexity index is 1650. The summed E-state index contributed by atoms with van der Waals surface area (Å²) in [6.07, 6.45) is 2.59. The molecule has 11 heteroatoms. The standard InChI is InChI=1S/C34H44N6O5/c1-5-38(6-2)23-29(41)39(22-24-11-9-12-25(21-24)45-34(16-17-34)33(42)44-4)18-10-19-40-28(15-20-43-3)37-30-31(40)26-13-7-8-14-27(26)36-32(30)35/h7-9,11-14,21H,5-6,10,15-20,22-23H2,1-4H3,(H2,35,36). The number of pyridine rings is 1. The molecule has 2 aromatic heterocycles. The molecule has 1 aliphatic carbocycles. The number of methoxy groups -OCH3 is 2. The number of fused-ring (bicyclic) bond motifs is 3. The number of anilines is 1. The van der Waals surface area contributed by atoms with Gasteiger partial charge in [0.05, 0.1) is 31.3 Å². The molecule has 0 atom stereocenters. The number of nitrogens with zero attached hydrogens (tertiary/aromatic N) is 5. The first-order chi connectivity index (χ1) is 21.8. The van der Waals surface area contributed by atoms with E-state index in [4.69, 9.17) is 24.9 Å². The molecule has 0 saturated heterocycles. The number of nitrogen functional groups attached to an aromatic ring is 1. The number of hydrogen-bond donors (Lipinski definition) is 1. The van der Waals surface area contributed by atoms with E-state index in [0.717, 1.165) is 40.9 Å². The maximum Gasteiger partial charge on any atom is 0.350 e. The number of carbonyl (C=O) groups excluding carboxylic acids is 2. The molecular formula is C34H44N6O5. The normalized spacial score (nSPS) is 13.8. The third-order valence-corrected chi connectivity index (χ3v) is 8.48. The van der Waals surface area contributed by atoms with Gasteiger partial charge in [0, 0.05) is 51.4 Å². The first kappa shape index (κ1) is 32.2. The average molecular weight is 617 g/mol. The summed E-state index contributed by atoms with van der Waals surface area (Å²) in [5.74, 6) is 1.58. The molecule has 0 bridgehead atoms. The van der Waals surface area contributed by atoms with Gasteiger partial charge < -0.3 is 29.4 Å². The molecule has 0 aliphatic heterocycles. The third kappa shape index (κ3) is 7.20. The maximum absolute atomic E-state index is 13.7. The van der Waals surface area contributed by atoms with Crippen molar-refractivity contribution in [2.45, 2.75) is 58.2 Å². The number of carbonyl (C=O) groups is 2. The summed E-state index contributed by atoms with van der Waals surface area (Å²) in [6, 6.07) is 15.6. The number of benzene rings is 2. The van der Waals surface area contributed by atoms with Crippen molar-refractivity contribution in [1.82, 2.24) is 24.3 Å². The van der Waals surface area contributed by atoms with Gasteiger partial charge >= 0.3 is 5.97 Å². The number of ether oxygens (including phenoxy) is 3. The Morgan fingerprint density at radius 2 is 1.82 bits per heavy atom. The number of aryl methyl sites for hydroxylation is 1. The monoisotopic (exact) mass is 616 g/mol. The Labute approximate surface area is 264 Å². The minimum absolute atomic E-state index is 0.0623. The van der Waals surface area contributed by atoms with Crippen LogP contribution in [0, 0.1) is 0 Å². The van der Waals surface area contributed by atoms with Gasteiger partial charge in [0.2, 0.25) is 11.5 Å². The van der Waals surface area contributed by atoms with Crippen LogP contribution in [-0.4, -0.2) is 88.8 Å². The molecule has 1 aliphatic rings. The highest BCUT2D eigenvalue weighted by Gasteiger charge is 2.54. The van der Waals surface area contributed by atoms with E-state index in [1.807, 2.05) is 53.4 Å². The SMILES string of the molecule is CCN(CC)CC(=O)N(CCCn1c(CCOC)nc2c(N)nc3ccccc3c21)Cc1cccc(OC2(C(=O)OC)CC2)c1. The summed E-state index contributed by atoms with van der Waals surface area (Å²) in [6.45, 7) is 8.18. The molecular weight excluding hydrogens is 572 g/mol. The smallest absolute Gasteiger partial charge is 0.350 e. The molecule has 1 fully saturated rings. The van der Waals surface area contributed by atoms with Crippen LogP contribution in [0.5, 0.6) is 5.75 Å². The molecule has 0 spiro atoms. The van der Waals surface area contributed by atoms with Gasteiger partial charge in [-0.25, -0.2) is 14.8 Å². The zero-order chi connectivity index (χ0) is 32.0. The molecule has 45 heavy (non-hydrogen) atoms. The Morgan fingerprint density at radius 1 is 1.04 bits per heavy atom. The van der Waals surface area contributed by atoms with Crippen LogP contribution >= 0.6 is 0 Å². The van der Waals surface area contributed by atoms with Gasteiger partial charge in [0.15, 0.2) is 5.82 Å². The number of para-hydroxylation sites is 1. The number of amides is 1. The van der Waals surface area contributed by atoms with E-state index >= 15 is 0 Å². The summed E-state index contributed by atoms with van der Waals surface area (Å²) >= 11 is 0. The zero-order valence-corrected chi connectivity index (χ0v) is 26.8. The second-order valence-corrected chi connectivity index (χ2v) is 11.5. The Balaban J connectivity index is 1.39. The van der Waals surface area contributed by atoms with Gasteiger partial charge in [-0.2, -0.15) is 0 Å². The molecule has 1 saturated carbocycles. The highest BCUT2D eigenvalue weighted by atomic mass is 16.6. The number of likely N-dealkylation sites (N-methyl/N-ethyl adjacent to an activating group) is 1. The number of nitrogens with two attached hydrogens (primary N) is 1. The van der Waals surface area contributed by atoms with Crippen LogP contribution in [0.3, 0.4) is 0 Å². The number of rotatable bonds is 16. The van der Waals surface area contributed by atoms with Gasteiger partial charge in [0.1, 0.15) is 17.1 Å². The van der Waals surface area contributed by atoms with Crippen LogP contribution in [0.25, 0.3) is 21.9 Å². The van der Waals surface area contributed by atoms with Crippen LogP contribution in [0.15, 0.2) is 48.5 Å². The second kappa shape index (κ2) is 14.3. The van der Waals surface area contributed by atoms with Crippen molar-refractivity contribution >= 4 is 39.6 Å². The molecule has 0 unspecified atom stereocenters. The van der Waals surface area contributed by atoms with Crippen molar-refractivity contribution in [2.75, 3.05) is 52.7 Å². The number of esters is 1. The van der Waals surface area contributed by atoms with E-state index in [9.17, 15) is 9.59 Å². The first-order valence-corrected chi connectivity index (χ1v) is 15.7. The van der Waals surface area contributed by atoms with Gasteiger partial charge in [-0.1, -0.05) is 44.2 Å². The Morgan fingerprint density at radius 3 is 2.53 bits per heavy atom. The largest absolute Gasteiger partial charge is 0.476 e. The lowest BCUT2D eigenvalue weighted by atomic mass is 10.1. The molecule has 240 valence electrons. The predicted octanol–water partition coefficient (Wildman–Crippen LogP) is 4.20.